The normalized spacial score (nSPS) is 10.4. The average molecular weight is 216 g/mol. The standard InChI is InChI=1S/C8H10F2N4O/c1-14(4-6(9)10)8(15)5-2-3-7(11)13-12-5/h2-3,6H,4H2,1H3,(H2,11,13). The maximum absolute atomic E-state index is 12.0. The lowest BCUT2D eigenvalue weighted by Crippen LogP contribution is -2.32. The molecule has 0 aromatic carbocycles. The first-order valence-corrected chi connectivity index (χ1v) is 4.13. The van der Waals surface area contributed by atoms with Crippen LogP contribution in [0.3, 0.4) is 0 Å². The molecule has 0 saturated carbocycles. The molecule has 0 bridgehead atoms. The van der Waals surface area contributed by atoms with Gasteiger partial charge in [-0.05, 0) is 12.1 Å². The molecule has 15 heavy (non-hydrogen) atoms. The summed E-state index contributed by atoms with van der Waals surface area (Å²) in [5.41, 5.74) is 5.26. The van der Waals surface area contributed by atoms with Crippen LogP contribution in [0.2, 0.25) is 0 Å². The molecule has 0 radical (unpaired) electrons. The number of rotatable bonds is 3. The zero-order valence-electron chi connectivity index (χ0n) is 8.02. The molecule has 0 fully saturated rings. The van der Waals surface area contributed by atoms with Gasteiger partial charge in [0.1, 0.15) is 5.82 Å². The number of alkyl halides is 2. The third-order valence-electron chi connectivity index (χ3n) is 1.66. The lowest BCUT2D eigenvalue weighted by molar-refractivity contribution is 0.0614. The zero-order chi connectivity index (χ0) is 11.4. The Balaban J connectivity index is 2.72. The van der Waals surface area contributed by atoms with E-state index in [4.69, 9.17) is 5.73 Å². The van der Waals surface area contributed by atoms with Crippen LogP contribution in [0.25, 0.3) is 0 Å². The molecule has 1 heterocycles. The maximum atomic E-state index is 12.0. The minimum absolute atomic E-state index is 0.00708. The maximum Gasteiger partial charge on any atom is 0.274 e. The van der Waals surface area contributed by atoms with E-state index in [0.29, 0.717) is 0 Å². The Kier molecular flexibility index (Phi) is 3.48. The summed E-state index contributed by atoms with van der Waals surface area (Å²) in [6, 6.07) is 2.73. The Morgan fingerprint density at radius 1 is 1.53 bits per heavy atom. The van der Waals surface area contributed by atoms with Gasteiger partial charge in [-0.3, -0.25) is 4.79 Å². The van der Waals surface area contributed by atoms with Gasteiger partial charge in [-0.1, -0.05) is 0 Å². The molecule has 82 valence electrons. The molecule has 0 aliphatic heterocycles. The highest BCUT2D eigenvalue weighted by Crippen LogP contribution is 2.03. The van der Waals surface area contributed by atoms with E-state index < -0.39 is 18.9 Å². The molecule has 1 aromatic rings. The number of amides is 1. The molecule has 1 amide bonds. The molecule has 2 N–H and O–H groups in total. The topological polar surface area (TPSA) is 72.1 Å². The molecule has 0 spiro atoms. The predicted octanol–water partition coefficient (Wildman–Crippen LogP) is 0.396. The predicted molar refractivity (Wildman–Crippen MR) is 49.4 cm³/mol. The molecule has 1 rings (SSSR count). The van der Waals surface area contributed by atoms with Crippen molar-refractivity contribution in [3.63, 3.8) is 0 Å². The number of nitrogens with zero attached hydrogens (tertiary/aromatic N) is 3. The second kappa shape index (κ2) is 4.63. The van der Waals surface area contributed by atoms with Crippen LogP contribution in [-0.4, -0.2) is 41.0 Å². The first-order chi connectivity index (χ1) is 7.00. The fourth-order valence-corrected chi connectivity index (χ4v) is 0.942. The fourth-order valence-electron chi connectivity index (χ4n) is 0.942. The van der Waals surface area contributed by atoms with Crippen molar-refractivity contribution in [3.05, 3.63) is 17.8 Å². The van der Waals surface area contributed by atoms with Gasteiger partial charge in [-0.25, -0.2) is 8.78 Å². The summed E-state index contributed by atoms with van der Waals surface area (Å²) < 4.78 is 24.0. The van der Waals surface area contributed by atoms with Crippen LogP contribution < -0.4 is 5.73 Å². The highest BCUT2D eigenvalue weighted by atomic mass is 19.3. The van der Waals surface area contributed by atoms with E-state index in [2.05, 4.69) is 10.2 Å². The van der Waals surface area contributed by atoms with Crippen molar-refractivity contribution in [3.8, 4) is 0 Å². The molecule has 7 heteroatoms. The van der Waals surface area contributed by atoms with Gasteiger partial charge >= 0.3 is 0 Å². The van der Waals surface area contributed by atoms with Crippen molar-refractivity contribution in [2.75, 3.05) is 19.3 Å². The van der Waals surface area contributed by atoms with Crippen LogP contribution in [0.4, 0.5) is 14.6 Å². The van der Waals surface area contributed by atoms with E-state index >= 15 is 0 Å². The van der Waals surface area contributed by atoms with E-state index in [1.54, 1.807) is 0 Å². The van der Waals surface area contributed by atoms with Crippen molar-refractivity contribution in [2.45, 2.75) is 6.43 Å². The Bertz CT molecular complexity index is 341. The summed E-state index contributed by atoms with van der Waals surface area (Å²) >= 11 is 0. The lowest BCUT2D eigenvalue weighted by atomic mass is 10.3. The van der Waals surface area contributed by atoms with E-state index in [0.717, 1.165) is 4.90 Å². The van der Waals surface area contributed by atoms with E-state index in [-0.39, 0.29) is 11.5 Å². The van der Waals surface area contributed by atoms with Crippen molar-refractivity contribution < 1.29 is 13.6 Å². The minimum Gasteiger partial charge on any atom is -0.382 e. The first-order valence-electron chi connectivity index (χ1n) is 4.13. The summed E-state index contributed by atoms with van der Waals surface area (Å²) in [4.78, 5) is 12.3. The van der Waals surface area contributed by atoms with Crippen LogP contribution in [-0.2, 0) is 0 Å². The largest absolute Gasteiger partial charge is 0.382 e. The third kappa shape index (κ3) is 3.12. The van der Waals surface area contributed by atoms with Crippen molar-refractivity contribution in [1.82, 2.24) is 15.1 Å². The van der Waals surface area contributed by atoms with Crippen molar-refractivity contribution in [2.24, 2.45) is 0 Å². The average Bonchev–Trinajstić information content (AvgIpc) is 2.17. The molecule has 0 atom stereocenters. The lowest BCUT2D eigenvalue weighted by Gasteiger charge is -2.15. The zero-order valence-corrected chi connectivity index (χ0v) is 8.02. The summed E-state index contributed by atoms with van der Waals surface area (Å²) in [7, 11) is 1.27. The van der Waals surface area contributed by atoms with Crippen LogP contribution in [0, 0.1) is 0 Å². The second-order valence-electron chi connectivity index (χ2n) is 2.92. The van der Waals surface area contributed by atoms with Gasteiger partial charge in [0.15, 0.2) is 5.69 Å². The van der Waals surface area contributed by atoms with Crippen molar-refractivity contribution in [1.29, 1.82) is 0 Å². The van der Waals surface area contributed by atoms with Crippen LogP contribution in [0.1, 0.15) is 10.5 Å². The van der Waals surface area contributed by atoms with Crippen LogP contribution >= 0.6 is 0 Å². The number of aromatic nitrogens is 2. The van der Waals surface area contributed by atoms with Gasteiger partial charge in [0.05, 0.1) is 6.54 Å². The summed E-state index contributed by atoms with van der Waals surface area (Å²) in [5, 5.41) is 6.95. The molecule has 0 aliphatic rings. The highest BCUT2D eigenvalue weighted by molar-refractivity contribution is 5.92. The monoisotopic (exact) mass is 216 g/mol. The quantitative estimate of drug-likeness (QED) is 0.793. The van der Waals surface area contributed by atoms with Gasteiger partial charge < -0.3 is 10.6 Å². The smallest absolute Gasteiger partial charge is 0.274 e. The molecule has 0 saturated heterocycles. The molecule has 5 nitrogen and oxygen atoms in total. The molecular formula is C8H10F2N4O. The number of hydrogen-bond donors (Lipinski definition) is 1. The molecule has 1 aromatic heterocycles. The number of halogens is 2. The number of anilines is 1. The van der Waals surface area contributed by atoms with E-state index in [1.165, 1.54) is 19.2 Å². The molecule has 0 aliphatic carbocycles. The Morgan fingerprint density at radius 3 is 2.67 bits per heavy atom. The Hall–Kier alpha value is -1.79. The fraction of sp³-hybridized carbons (Fsp3) is 0.375. The van der Waals surface area contributed by atoms with E-state index in [1.807, 2.05) is 0 Å². The third-order valence-corrected chi connectivity index (χ3v) is 1.66. The van der Waals surface area contributed by atoms with E-state index in [9.17, 15) is 13.6 Å². The number of hydrogen-bond acceptors (Lipinski definition) is 4. The van der Waals surface area contributed by atoms with Gasteiger partial charge in [-0.15, -0.1) is 10.2 Å². The SMILES string of the molecule is CN(CC(F)F)C(=O)c1ccc(N)nn1. The second-order valence-corrected chi connectivity index (χ2v) is 2.92. The Labute approximate surface area is 84.9 Å². The minimum atomic E-state index is -2.57. The van der Waals surface area contributed by atoms with Gasteiger partial charge in [0.2, 0.25) is 0 Å². The number of nitrogen functional groups attached to an aromatic ring is 1. The number of carbonyl (C=O) groups is 1. The number of nitrogens with two attached hydrogens (primary N) is 1. The van der Waals surface area contributed by atoms with Crippen LogP contribution in [0.15, 0.2) is 12.1 Å². The molecule has 0 unspecified atom stereocenters. The van der Waals surface area contributed by atoms with Crippen LogP contribution in [0.5, 0.6) is 0 Å². The van der Waals surface area contributed by atoms with Gasteiger partial charge in [-0.2, -0.15) is 0 Å². The molecular weight excluding hydrogens is 206 g/mol. The van der Waals surface area contributed by atoms with Gasteiger partial charge in [0.25, 0.3) is 12.3 Å². The van der Waals surface area contributed by atoms with Gasteiger partial charge in [0, 0.05) is 7.05 Å². The summed E-state index contributed by atoms with van der Waals surface area (Å²) in [6.45, 7) is -0.634. The highest BCUT2D eigenvalue weighted by Gasteiger charge is 2.16. The first kappa shape index (κ1) is 11.3. The summed E-state index contributed by atoms with van der Waals surface area (Å²) in [6.07, 6.45) is -2.57. The number of carbonyl (C=O) groups excluding carboxylic acids is 1. The Morgan fingerprint density at radius 2 is 2.20 bits per heavy atom. The summed E-state index contributed by atoms with van der Waals surface area (Å²) in [5.74, 6) is -0.439. The van der Waals surface area contributed by atoms with Crippen molar-refractivity contribution >= 4 is 11.7 Å².